The van der Waals surface area contributed by atoms with Gasteiger partial charge in [0.15, 0.2) is 0 Å². The molecule has 3 rings (SSSR count). The van der Waals surface area contributed by atoms with Crippen molar-refractivity contribution in [3.05, 3.63) is 84.2 Å². The number of rotatable bonds is 8. The third-order valence-electron chi connectivity index (χ3n) is 4.14. The Morgan fingerprint density at radius 3 is 2.40 bits per heavy atom. The number of benzene rings is 3. The van der Waals surface area contributed by atoms with Gasteiger partial charge in [-0.2, -0.15) is 0 Å². The van der Waals surface area contributed by atoms with Crippen molar-refractivity contribution in [3.63, 3.8) is 0 Å². The number of ether oxygens (including phenoxy) is 1. The minimum atomic E-state index is -0.433. The van der Waals surface area contributed by atoms with E-state index in [4.69, 9.17) is 4.74 Å². The van der Waals surface area contributed by atoms with Gasteiger partial charge in [-0.3, -0.25) is 9.59 Å². The fourth-order valence-corrected chi connectivity index (χ4v) is 2.78. The van der Waals surface area contributed by atoms with Crippen LogP contribution in [0, 0.1) is 5.82 Å². The van der Waals surface area contributed by atoms with Crippen LogP contribution < -0.4 is 20.7 Å². The minimum absolute atomic E-state index is 0.0795. The number of amides is 2. The van der Waals surface area contributed by atoms with Gasteiger partial charge in [0.05, 0.1) is 18.7 Å². The zero-order valence-corrected chi connectivity index (χ0v) is 16.4. The zero-order valence-electron chi connectivity index (χ0n) is 16.4. The van der Waals surface area contributed by atoms with Gasteiger partial charge in [-0.25, -0.2) is 4.39 Å². The molecule has 6 nitrogen and oxygen atoms in total. The summed E-state index contributed by atoms with van der Waals surface area (Å²) in [5.74, 6) is -0.380. The Kier molecular flexibility index (Phi) is 7.00. The zero-order chi connectivity index (χ0) is 21.3. The molecule has 7 heteroatoms. The van der Waals surface area contributed by atoms with Crippen LogP contribution in [0.25, 0.3) is 0 Å². The highest BCUT2D eigenvalue weighted by Crippen LogP contribution is 2.20. The van der Waals surface area contributed by atoms with E-state index in [-0.39, 0.29) is 18.4 Å². The van der Waals surface area contributed by atoms with Crippen LogP contribution in [0.3, 0.4) is 0 Å². The summed E-state index contributed by atoms with van der Waals surface area (Å²) >= 11 is 0. The van der Waals surface area contributed by atoms with Gasteiger partial charge >= 0.3 is 0 Å². The van der Waals surface area contributed by atoms with Crippen molar-refractivity contribution in [1.82, 2.24) is 0 Å². The normalized spacial score (nSPS) is 10.2. The van der Waals surface area contributed by atoms with Crippen molar-refractivity contribution in [3.8, 4) is 5.75 Å². The van der Waals surface area contributed by atoms with Gasteiger partial charge in [0.25, 0.3) is 5.91 Å². The second kappa shape index (κ2) is 10.1. The van der Waals surface area contributed by atoms with Gasteiger partial charge in [-0.05, 0) is 61.5 Å². The molecule has 0 atom stereocenters. The second-order valence-electron chi connectivity index (χ2n) is 6.37. The van der Waals surface area contributed by atoms with Crippen LogP contribution >= 0.6 is 0 Å². The molecule has 0 radical (unpaired) electrons. The summed E-state index contributed by atoms with van der Waals surface area (Å²) in [5, 5.41) is 8.38. The molecule has 3 aromatic rings. The molecule has 2 amide bonds. The fraction of sp³-hybridized carbons (Fsp3) is 0.130. The van der Waals surface area contributed by atoms with Crippen LogP contribution in [-0.2, 0) is 4.79 Å². The first-order valence-corrected chi connectivity index (χ1v) is 9.47. The van der Waals surface area contributed by atoms with E-state index < -0.39 is 5.82 Å². The lowest BCUT2D eigenvalue weighted by molar-refractivity contribution is -0.114. The molecule has 0 spiro atoms. The van der Waals surface area contributed by atoms with Gasteiger partial charge in [-0.15, -0.1) is 0 Å². The van der Waals surface area contributed by atoms with Crippen LogP contribution in [0.4, 0.5) is 21.5 Å². The molecule has 0 heterocycles. The average molecular weight is 407 g/mol. The van der Waals surface area contributed by atoms with Crippen LogP contribution in [0.15, 0.2) is 72.8 Å². The monoisotopic (exact) mass is 407 g/mol. The van der Waals surface area contributed by atoms with Crippen molar-refractivity contribution in [1.29, 1.82) is 0 Å². The van der Waals surface area contributed by atoms with Crippen LogP contribution in [0.5, 0.6) is 5.75 Å². The molecule has 0 saturated heterocycles. The number of halogens is 1. The highest BCUT2D eigenvalue weighted by atomic mass is 19.1. The smallest absolute Gasteiger partial charge is 0.257 e. The molecule has 3 N–H and O–H groups in total. The number of hydrogen-bond acceptors (Lipinski definition) is 4. The summed E-state index contributed by atoms with van der Waals surface area (Å²) in [5.41, 5.74) is 1.89. The first-order chi connectivity index (χ1) is 14.5. The molecular weight excluding hydrogens is 385 g/mol. The summed E-state index contributed by atoms with van der Waals surface area (Å²) in [6.45, 7) is 2.39. The Morgan fingerprint density at radius 1 is 0.900 bits per heavy atom. The number of para-hydroxylation sites is 1. The second-order valence-corrected chi connectivity index (χ2v) is 6.37. The molecule has 0 aliphatic rings. The van der Waals surface area contributed by atoms with Crippen LogP contribution in [0.2, 0.25) is 0 Å². The summed E-state index contributed by atoms with van der Waals surface area (Å²) in [7, 11) is 0. The predicted molar refractivity (Wildman–Crippen MR) is 116 cm³/mol. The molecule has 0 aromatic heterocycles. The van der Waals surface area contributed by atoms with Gasteiger partial charge in [0.2, 0.25) is 5.91 Å². The number of carbonyl (C=O) groups excluding carboxylic acids is 2. The molecule has 0 unspecified atom stereocenters. The highest BCUT2D eigenvalue weighted by molar-refractivity contribution is 6.08. The molecule has 3 aromatic carbocycles. The van der Waals surface area contributed by atoms with Gasteiger partial charge < -0.3 is 20.7 Å². The lowest BCUT2D eigenvalue weighted by Gasteiger charge is -2.13. The lowest BCUT2D eigenvalue weighted by Crippen LogP contribution is -2.23. The number of carbonyl (C=O) groups is 2. The first-order valence-electron chi connectivity index (χ1n) is 9.47. The maximum atomic E-state index is 13.2. The summed E-state index contributed by atoms with van der Waals surface area (Å²) < 4.78 is 18.6. The van der Waals surface area contributed by atoms with Gasteiger partial charge in [-0.1, -0.05) is 18.2 Å². The minimum Gasteiger partial charge on any atom is -0.494 e. The highest BCUT2D eigenvalue weighted by Gasteiger charge is 2.12. The first kappa shape index (κ1) is 20.9. The van der Waals surface area contributed by atoms with Crippen molar-refractivity contribution in [2.24, 2.45) is 0 Å². The number of nitrogens with one attached hydrogen (secondary N) is 3. The van der Waals surface area contributed by atoms with E-state index in [0.717, 1.165) is 5.75 Å². The summed E-state index contributed by atoms with van der Waals surface area (Å²) in [6, 6.07) is 19.6. The Labute approximate surface area is 174 Å². The number of anilines is 3. The molecule has 0 saturated carbocycles. The maximum Gasteiger partial charge on any atom is 0.257 e. The van der Waals surface area contributed by atoms with E-state index in [0.29, 0.717) is 29.2 Å². The largest absolute Gasteiger partial charge is 0.494 e. The summed E-state index contributed by atoms with van der Waals surface area (Å²) in [4.78, 5) is 24.8. The van der Waals surface area contributed by atoms with Crippen LogP contribution in [-0.4, -0.2) is 25.0 Å². The topological polar surface area (TPSA) is 79.5 Å². The van der Waals surface area contributed by atoms with E-state index in [1.807, 2.05) is 6.92 Å². The maximum absolute atomic E-state index is 13.2. The lowest BCUT2D eigenvalue weighted by atomic mass is 10.1. The van der Waals surface area contributed by atoms with E-state index >= 15 is 0 Å². The van der Waals surface area contributed by atoms with E-state index in [1.54, 1.807) is 54.6 Å². The average Bonchev–Trinajstić information content (AvgIpc) is 2.74. The van der Waals surface area contributed by atoms with Crippen molar-refractivity contribution >= 4 is 28.9 Å². The predicted octanol–water partition coefficient (Wildman–Crippen LogP) is 4.53. The molecule has 30 heavy (non-hydrogen) atoms. The number of hydrogen-bond donors (Lipinski definition) is 3. The fourth-order valence-electron chi connectivity index (χ4n) is 2.78. The standard InChI is InChI=1S/C23H22FN3O3/c1-2-30-19-12-10-17(11-13-19)27-23(29)20-8-3-4-9-21(20)25-15-22(28)26-18-7-5-6-16(24)14-18/h3-14,25H,2,15H2,1H3,(H,26,28)(H,27,29). The van der Waals surface area contributed by atoms with E-state index in [9.17, 15) is 14.0 Å². The van der Waals surface area contributed by atoms with E-state index in [2.05, 4.69) is 16.0 Å². The molecule has 0 fully saturated rings. The Balaban J connectivity index is 1.62. The van der Waals surface area contributed by atoms with Crippen molar-refractivity contribution in [2.45, 2.75) is 6.92 Å². The molecular formula is C23H22FN3O3. The molecule has 0 aliphatic heterocycles. The van der Waals surface area contributed by atoms with Gasteiger partial charge in [0, 0.05) is 17.1 Å². The summed E-state index contributed by atoms with van der Waals surface area (Å²) in [6.07, 6.45) is 0. The third kappa shape index (κ3) is 5.81. The molecule has 0 aliphatic carbocycles. The van der Waals surface area contributed by atoms with E-state index in [1.165, 1.54) is 18.2 Å². The molecule has 154 valence electrons. The van der Waals surface area contributed by atoms with Crippen LogP contribution in [0.1, 0.15) is 17.3 Å². The van der Waals surface area contributed by atoms with Crippen molar-refractivity contribution < 1.29 is 18.7 Å². The SMILES string of the molecule is CCOc1ccc(NC(=O)c2ccccc2NCC(=O)Nc2cccc(F)c2)cc1. The Hall–Kier alpha value is -3.87. The molecule has 0 bridgehead atoms. The Morgan fingerprint density at radius 2 is 1.67 bits per heavy atom. The van der Waals surface area contributed by atoms with Crippen molar-refractivity contribution in [2.75, 3.05) is 29.1 Å². The van der Waals surface area contributed by atoms with Gasteiger partial charge in [0.1, 0.15) is 11.6 Å². The third-order valence-corrected chi connectivity index (χ3v) is 4.14. The quantitative estimate of drug-likeness (QED) is 0.513. The Bertz CT molecular complexity index is 1020.